The van der Waals surface area contributed by atoms with E-state index in [1.807, 2.05) is 43.3 Å². The third-order valence-corrected chi connectivity index (χ3v) is 6.79. The normalized spacial score (nSPS) is 11.4. The number of H-pyrrole nitrogens is 2. The van der Waals surface area contributed by atoms with Crippen molar-refractivity contribution in [1.29, 1.82) is 0 Å². The van der Waals surface area contributed by atoms with Gasteiger partial charge in [-0.15, -0.1) is 0 Å². The SMILES string of the molecule is CCCCC(=O)Nc1cncc(-c2ccc3[nH]nc(-c4cc5c(-c6cc(C)cc(F)c6)nccc5[nH]4)c3c2)c1. The van der Waals surface area contributed by atoms with Crippen LogP contribution in [0.3, 0.4) is 0 Å². The lowest BCUT2D eigenvalue weighted by Crippen LogP contribution is -2.11. The second-order valence-electron chi connectivity index (χ2n) is 9.77. The van der Waals surface area contributed by atoms with E-state index in [0.29, 0.717) is 17.8 Å². The van der Waals surface area contributed by atoms with Crippen LogP contribution in [0.5, 0.6) is 0 Å². The molecule has 0 aliphatic heterocycles. The van der Waals surface area contributed by atoms with Crippen LogP contribution in [-0.4, -0.2) is 31.1 Å². The molecule has 0 radical (unpaired) electrons. The maximum absolute atomic E-state index is 14.2. The Bertz CT molecular complexity index is 1820. The minimum Gasteiger partial charge on any atom is -0.353 e. The van der Waals surface area contributed by atoms with Gasteiger partial charge in [0.25, 0.3) is 0 Å². The molecule has 0 spiro atoms. The molecule has 6 aromatic rings. The number of nitrogens with zero attached hydrogens (tertiary/aromatic N) is 3. The topological polar surface area (TPSA) is 99.3 Å². The van der Waals surface area contributed by atoms with Gasteiger partial charge in [-0.25, -0.2) is 4.39 Å². The van der Waals surface area contributed by atoms with Crippen LogP contribution in [0.15, 0.2) is 73.2 Å². The van der Waals surface area contributed by atoms with Crippen LogP contribution in [0.2, 0.25) is 0 Å². The first-order chi connectivity index (χ1) is 19.0. The van der Waals surface area contributed by atoms with Gasteiger partial charge in [0.1, 0.15) is 11.5 Å². The van der Waals surface area contributed by atoms with E-state index in [4.69, 9.17) is 0 Å². The molecular formula is C31H27FN6O. The van der Waals surface area contributed by atoms with Gasteiger partial charge in [-0.1, -0.05) is 19.4 Å². The van der Waals surface area contributed by atoms with Gasteiger partial charge in [-0.3, -0.25) is 19.9 Å². The first kappa shape index (κ1) is 24.5. The summed E-state index contributed by atoms with van der Waals surface area (Å²) in [5.41, 5.74) is 8.16. The van der Waals surface area contributed by atoms with Gasteiger partial charge < -0.3 is 10.3 Å². The molecule has 0 atom stereocenters. The number of nitrogens with one attached hydrogen (secondary N) is 3. The molecule has 0 aliphatic rings. The van der Waals surface area contributed by atoms with Gasteiger partial charge in [0, 0.05) is 46.2 Å². The summed E-state index contributed by atoms with van der Waals surface area (Å²) in [5.74, 6) is -0.297. The molecule has 4 heterocycles. The Hall–Kier alpha value is -4.85. The van der Waals surface area contributed by atoms with E-state index in [2.05, 4.69) is 43.5 Å². The van der Waals surface area contributed by atoms with Crippen LogP contribution in [0.25, 0.3) is 55.6 Å². The molecule has 0 saturated heterocycles. The average Bonchev–Trinajstić information content (AvgIpc) is 3.55. The van der Waals surface area contributed by atoms with Crippen LogP contribution in [-0.2, 0) is 4.79 Å². The molecule has 0 saturated carbocycles. The Labute approximate surface area is 224 Å². The highest BCUT2D eigenvalue weighted by Crippen LogP contribution is 2.35. The molecule has 194 valence electrons. The molecule has 2 aromatic carbocycles. The molecule has 4 aromatic heterocycles. The summed E-state index contributed by atoms with van der Waals surface area (Å²) in [6, 6.07) is 16.8. The number of benzene rings is 2. The average molecular weight is 519 g/mol. The Morgan fingerprint density at radius 2 is 1.79 bits per heavy atom. The number of fused-ring (bicyclic) bond motifs is 2. The molecule has 0 aliphatic carbocycles. The highest BCUT2D eigenvalue weighted by atomic mass is 19.1. The number of anilines is 1. The van der Waals surface area contributed by atoms with Crippen LogP contribution in [0.4, 0.5) is 10.1 Å². The molecule has 8 heteroatoms. The number of aromatic nitrogens is 5. The highest BCUT2D eigenvalue weighted by Gasteiger charge is 2.16. The summed E-state index contributed by atoms with van der Waals surface area (Å²) in [4.78, 5) is 24.6. The number of rotatable bonds is 7. The Morgan fingerprint density at radius 1 is 0.923 bits per heavy atom. The standard InChI is InChI=1S/C31H27FN6O/c1-3-4-5-29(39)35-23-13-21(16-33-17-23)19-6-7-27-24(14-19)31(38-37-27)28-15-25-26(36-28)8-9-34-30(25)20-10-18(2)11-22(32)12-20/h6-17,36H,3-5H2,1-2H3,(H,35,39)(H,37,38). The van der Waals surface area contributed by atoms with Gasteiger partial charge in [0.15, 0.2) is 0 Å². The van der Waals surface area contributed by atoms with Crippen molar-refractivity contribution in [2.75, 3.05) is 5.32 Å². The van der Waals surface area contributed by atoms with Crippen molar-refractivity contribution in [3.63, 3.8) is 0 Å². The second kappa shape index (κ2) is 10.1. The number of pyridine rings is 2. The fraction of sp³-hybridized carbons (Fsp3) is 0.161. The number of carbonyl (C=O) groups excluding carboxylic acids is 1. The van der Waals surface area contributed by atoms with Crippen molar-refractivity contribution >= 4 is 33.4 Å². The highest BCUT2D eigenvalue weighted by molar-refractivity contribution is 6.01. The van der Waals surface area contributed by atoms with Gasteiger partial charge >= 0.3 is 0 Å². The van der Waals surface area contributed by atoms with Crippen LogP contribution < -0.4 is 5.32 Å². The van der Waals surface area contributed by atoms with Gasteiger partial charge in [0.05, 0.1) is 28.8 Å². The zero-order valence-corrected chi connectivity index (χ0v) is 21.7. The van der Waals surface area contributed by atoms with E-state index in [1.54, 1.807) is 18.6 Å². The maximum atomic E-state index is 14.2. The van der Waals surface area contributed by atoms with E-state index in [0.717, 1.165) is 68.3 Å². The van der Waals surface area contributed by atoms with Gasteiger partial charge in [-0.05, 0) is 73.0 Å². The van der Waals surface area contributed by atoms with Crippen molar-refractivity contribution in [2.45, 2.75) is 33.1 Å². The number of unbranched alkanes of at least 4 members (excludes halogenated alkanes) is 1. The number of carbonyl (C=O) groups is 1. The Kier molecular flexibility index (Phi) is 6.36. The molecule has 0 bridgehead atoms. The molecule has 0 fully saturated rings. The van der Waals surface area contributed by atoms with Crippen molar-refractivity contribution in [3.05, 3.63) is 84.6 Å². The maximum Gasteiger partial charge on any atom is 0.224 e. The fourth-order valence-corrected chi connectivity index (χ4v) is 4.91. The Morgan fingerprint density at radius 3 is 2.64 bits per heavy atom. The smallest absolute Gasteiger partial charge is 0.224 e. The number of hydrogen-bond donors (Lipinski definition) is 3. The number of amides is 1. The molecule has 6 rings (SSSR count). The van der Waals surface area contributed by atoms with Crippen LogP contribution in [0, 0.1) is 12.7 Å². The number of aryl methyl sites for hydroxylation is 1. The van der Waals surface area contributed by atoms with E-state index in [-0.39, 0.29) is 11.7 Å². The first-order valence-electron chi connectivity index (χ1n) is 13.0. The largest absolute Gasteiger partial charge is 0.353 e. The molecule has 1 amide bonds. The van der Waals surface area contributed by atoms with Crippen molar-refractivity contribution < 1.29 is 9.18 Å². The van der Waals surface area contributed by atoms with Gasteiger partial charge in [-0.2, -0.15) is 5.10 Å². The lowest BCUT2D eigenvalue weighted by atomic mass is 10.0. The van der Waals surface area contributed by atoms with Crippen LogP contribution in [0.1, 0.15) is 31.7 Å². The summed E-state index contributed by atoms with van der Waals surface area (Å²) in [6.45, 7) is 3.93. The summed E-state index contributed by atoms with van der Waals surface area (Å²) in [6.07, 6.45) is 7.48. The molecule has 39 heavy (non-hydrogen) atoms. The minimum absolute atomic E-state index is 0.00977. The second-order valence-corrected chi connectivity index (χ2v) is 9.77. The molecule has 0 unspecified atom stereocenters. The van der Waals surface area contributed by atoms with E-state index < -0.39 is 0 Å². The van der Waals surface area contributed by atoms with Crippen LogP contribution >= 0.6 is 0 Å². The zero-order valence-electron chi connectivity index (χ0n) is 21.7. The quantitative estimate of drug-likeness (QED) is 0.205. The van der Waals surface area contributed by atoms with Gasteiger partial charge in [0.2, 0.25) is 5.91 Å². The zero-order chi connectivity index (χ0) is 26.9. The number of halogens is 1. The summed E-state index contributed by atoms with van der Waals surface area (Å²) in [7, 11) is 0. The van der Waals surface area contributed by atoms with E-state index in [1.165, 1.54) is 12.1 Å². The first-order valence-corrected chi connectivity index (χ1v) is 13.0. The predicted octanol–water partition coefficient (Wildman–Crippen LogP) is 7.41. The minimum atomic E-state index is -0.288. The number of aromatic amines is 2. The monoisotopic (exact) mass is 518 g/mol. The predicted molar refractivity (Wildman–Crippen MR) is 153 cm³/mol. The lowest BCUT2D eigenvalue weighted by Gasteiger charge is -2.07. The third kappa shape index (κ3) is 4.88. The molecule has 3 N–H and O–H groups in total. The molecule has 7 nitrogen and oxygen atoms in total. The van der Waals surface area contributed by atoms with Crippen molar-refractivity contribution in [1.82, 2.24) is 25.1 Å². The lowest BCUT2D eigenvalue weighted by molar-refractivity contribution is -0.116. The summed E-state index contributed by atoms with van der Waals surface area (Å²) >= 11 is 0. The van der Waals surface area contributed by atoms with Crippen molar-refractivity contribution in [2.24, 2.45) is 0 Å². The molecular weight excluding hydrogens is 491 g/mol. The van der Waals surface area contributed by atoms with E-state index >= 15 is 0 Å². The summed E-state index contributed by atoms with van der Waals surface area (Å²) < 4.78 is 14.2. The Balaban J connectivity index is 1.38. The third-order valence-electron chi connectivity index (χ3n) is 6.79. The fourth-order valence-electron chi connectivity index (χ4n) is 4.91. The van der Waals surface area contributed by atoms with Crippen molar-refractivity contribution in [3.8, 4) is 33.8 Å². The van der Waals surface area contributed by atoms with E-state index in [9.17, 15) is 9.18 Å². The summed E-state index contributed by atoms with van der Waals surface area (Å²) in [5, 5.41) is 12.5. The number of hydrogen-bond acceptors (Lipinski definition) is 4.